The lowest BCUT2D eigenvalue weighted by atomic mass is 9.96. The van der Waals surface area contributed by atoms with Gasteiger partial charge in [-0.05, 0) is 19.4 Å². The largest absolute Gasteiger partial charge is 0.316 e. The Kier molecular flexibility index (Phi) is 5.72. The normalized spacial score (nSPS) is 19.2. The predicted molar refractivity (Wildman–Crippen MR) is 67.0 cm³/mol. The van der Waals surface area contributed by atoms with Gasteiger partial charge in [-0.2, -0.15) is 0 Å². The summed E-state index contributed by atoms with van der Waals surface area (Å²) in [4.78, 5) is 0. The molecule has 1 saturated carbocycles. The summed E-state index contributed by atoms with van der Waals surface area (Å²) in [7, 11) is -1.33. The van der Waals surface area contributed by atoms with Gasteiger partial charge in [-0.15, -0.1) is 0 Å². The summed E-state index contributed by atoms with van der Waals surface area (Å²) >= 11 is 0. The van der Waals surface area contributed by atoms with Gasteiger partial charge in [-0.25, -0.2) is 12.7 Å². The van der Waals surface area contributed by atoms with Gasteiger partial charge >= 0.3 is 0 Å². The third kappa shape index (κ3) is 4.03. The lowest BCUT2D eigenvalue weighted by molar-refractivity contribution is 0.286. The highest BCUT2D eigenvalue weighted by Crippen LogP contribution is 2.23. The van der Waals surface area contributed by atoms with Crippen molar-refractivity contribution in [3.05, 3.63) is 0 Å². The van der Waals surface area contributed by atoms with E-state index in [4.69, 9.17) is 0 Å². The Hall–Kier alpha value is -0.130. The van der Waals surface area contributed by atoms with E-state index in [-0.39, 0.29) is 11.8 Å². The molecular weight excluding hydrogens is 224 g/mol. The second kappa shape index (κ2) is 6.57. The van der Waals surface area contributed by atoms with Crippen molar-refractivity contribution in [2.75, 3.05) is 25.9 Å². The molecular formula is C11H24N2O2S. The van der Waals surface area contributed by atoms with Crippen molar-refractivity contribution < 1.29 is 8.42 Å². The van der Waals surface area contributed by atoms with Crippen molar-refractivity contribution in [2.24, 2.45) is 0 Å². The van der Waals surface area contributed by atoms with Gasteiger partial charge < -0.3 is 5.32 Å². The molecule has 1 rings (SSSR count). The van der Waals surface area contributed by atoms with E-state index in [0.717, 1.165) is 32.2 Å². The van der Waals surface area contributed by atoms with Crippen LogP contribution in [0.2, 0.25) is 0 Å². The first-order chi connectivity index (χ1) is 7.58. The highest BCUT2D eigenvalue weighted by Gasteiger charge is 2.26. The Labute approximate surface area is 99.5 Å². The van der Waals surface area contributed by atoms with Crippen LogP contribution in [-0.2, 0) is 10.0 Å². The van der Waals surface area contributed by atoms with E-state index >= 15 is 0 Å². The van der Waals surface area contributed by atoms with Gasteiger partial charge in [0.25, 0.3) is 0 Å². The van der Waals surface area contributed by atoms with Gasteiger partial charge in [-0.1, -0.05) is 26.2 Å². The topological polar surface area (TPSA) is 49.4 Å². The maximum atomic E-state index is 12.0. The van der Waals surface area contributed by atoms with E-state index in [0.29, 0.717) is 6.54 Å². The first kappa shape index (κ1) is 13.9. The number of hydrogen-bond donors (Lipinski definition) is 1. The molecule has 0 heterocycles. The molecule has 1 aliphatic rings. The molecule has 0 aliphatic heterocycles. The molecule has 0 amide bonds. The zero-order chi connectivity index (χ0) is 12.0. The molecule has 16 heavy (non-hydrogen) atoms. The summed E-state index contributed by atoms with van der Waals surface area (Å²) in [6.07, 6.45) is 5.63. The number of nitrogens with zero attached hydrogens (tertiary/aromatic N) is 1. The number of nitrogens with one attached hydrogen (secondary N) is 1. The van der Waals surface area contributed by atoms with E-state index < -0.39 is 10.0 Å². The summed E-state index contributed by atoms with van der Waals surface area (Å²) in [6, 6.07) is 0.236. The molecule has 5 heteroatoms. The van der Waals surface area contributed by atoms with Crippen molar-refractivity contribution in [2.45, 2.75) is 45.1 Å². The Morgan fingerprint density at radius 2 is 1.88 bits per heavy atom. The Morgan fingerprint density at radius 3 is 2.44 bits per heavy atom. The van der Waals surface area contributed by atoms with Crippen LogP contribution in [0.3, 0.4) is 0 Å². The van der Waals surface area contributed by atoms with Crippen molar-refractivity contribution in [1.82, 2.24) is 9.62 Å². The molecule has 0 atom stereocenters. The second-order valence-electron chi connectivity index (χ2n) is 4.48. The minimum Gasteiger partial charge on any atom is -0.316 e. The Morgan fingerprint density at radius 1 is 1.25 bits per heavy atom. The van der Waals surface area contributed by atoms with Crippen LogP contribution in [0.1, 0.15) is 39.0 Å². The van der Waals surface area contributed by atoms with Crippen LogP contribution in [-0.4, -0.2) is 44.7 Å². The Balaban J connectivity index is 2.46. The van der Waals surface area contributed by atoms with Gasteiger partial charge in [0, 0.05) is 19.6 Å². The van der Waals surface area contributed by atoms with Crippen molar-refractivity contribution in [1.29, 1.82) is 0 Å². The van der Waals surface area contributed by atoms with Crippen LogP contribution in [0.5, 0.6) is 0 Å². The summed E-state index contributed by atoms with van der Waals surface area (Å²) in [5.74, 6) is 0.216. The van der Waals surface area contributed by atoms with E-state index in [1.807, 2.05) is 6.92 Å². The summed E-state index contributed by atoms with van der Waals surface area (Å²) in [6.45, 7) is 3.36. The average molecular weight is 248 g/mol. The van der Waals surface area contributed by atoms with E-state index in [1.165, 1.54) is 6.42 Å². The quantitative estimate of drug-likeness (QED) is 0.718. The standard InChI is InChI=1S/C11H24N2O2S/c1-3-12-9-10-16(14,15)13(2)11-7-5-4-6-8-11/h11-12H,3-10H2,1-2H3. The van der Waals surface area contributed by atoms with E-state index in [9.17, 15) is 8.42 Å². The molecule has 0 aromatic carbocycles. The van der Waals surface area contributed by atoms with Gasteiger partial charge in [0.15, 0.2) is 0 Å². The van der Waals surface area contributed by atoms with Crippen molar-refractivity contribution in [3.8, 4) is 0 Å². The van der Waals surface area contributed by atoms with Gasteiger partial charge in [0.05, 0.1) is 5.75 Å². The minimum atomic E-state index is -3.06. The van der Waals surface area contributed by atoms with E-state index in [1.54, 1.807) is 11.4 Å². The number of sulfonamides is 1. The molecule has 1 fully saturated rings. The highest BCUT2D eigenvalue weighted by atomic mass is 32.2. The monoisotopic (exact) mass is 248 g/mol. The molecule has 0 radical (unpaired) electrons. The first-order valence-electron chi connectivity index (χ1n) is 6.24. The third-order valence-electron chi connectivity index (χ3n) is 3.31. The number of rotatable bonds is 6. The Bertz CT molecular complexity index is 284. The lowest BCUT2D eigenvalue weighted by Gasteiger charge is -2.30. The third-order valence-corrected chi connectivity index (χ3v) is 5.21. The first-order valence-corrected chi connectivity index (χ1v) is 7.85. The van der Waals surface area contributed by atoms with Crippen molar-refractivity contribution in [3.63, 3.8) is 0 Å². The molecule has 96 valence electrons. The van der Waals surface area contributed by atoms with Crippen molar-refractivity contribution >= 4 is 10.0 Å². The maximum absolute atomic E-state index is 12.0. The summed E-state index contributed by atoms with van der Waals surface area (Å²) < 4.78 is 25.6. The number of hydrogen-bond acceptors (Lipinski definition) is 3. The molecule has 1 N–H and O–H groups in total. The van der Waals surface area contributed by atoms with Crippen LogP contribution in [0.4, 0.5) is 0 Å². The predicted octanol–water partition coefficient (Wildman–Crippen LogP) is 1.19. The zero-order valence-corrected chi connectivity index (χ0v) is 11.2. The molecule has 0 saturated heterocycles. The van der Waals surface area contributed by atoms with Crippen LogP contribution >= 0.6 is 0 Å². The van der Waals surface area contributed by atoms with Crippen LogP contribution in [0.25, 0.3) is 0 Å². The molecule has 0 bridgehead atoms. The molecule has 0 aromatic heterocycles. The van der Waals surface area contributed by atoms with E-state index in [2.05, 4.69) is 5.32 Å². The molecule has 1 aliphatic carbocycles. The summed E-state index contributed by atoms with van der Waals surface area (Å²) in [5, 5.41) is 3.06. The molecule has 0 spiro atoms. The second-order valence-corrected chi connectivity index (χ2v) is 6.63. The smallest absolute Gasteiger partial charge is 0.215 e. The average Bonchev–Trinajstić information content (AvgIpc) is 2.29. The minimum absolute atomic E-state index is 0.216. The van der Waals surface area contributed by atoms with Gasteiger partial charge in [-0.3, -0.25) is 0 Å². The SMILES string of the molecule is CCNCCS(=O)(=O)N(C)C1CCCCC1. The van der Waals surface area contributed by atoms with Crippen LogP contribution < -0.4 is 5.32 Å². The van der Waals surface area contributed by atoms with Crippen LogP contribution in [0, 0.1) is 0 Å². The molecule has 0 unspecified atom stereocenters. The maximum Gasteiger partial charge on any atom is 0.215 e. The molecule has 4 nitrogen and oxygen atoms in total. The van der Waals surface area contributed by atoms with Crippen LogP contribution in [0.15, 0.2) is 0 Å². The fourth-order valence-corrected chi connectivity index (χ4v) is 3.55. The fourth-order valence-electron chi connectivity index (χ4n) is 2.19. The van der Waals surface area contributed by atoms with Gasteiger partial charge in [0.1, 0.15) is 0 Å². The molecule has 0 aromatic rings. The van der Waals surface area contributed by atoms with Gasteiger partial charge in [0.2, 0.25) is 10.0 Å². The zero-order valence-electron chi connectivity index (χ0n) is 10.4. The summed E-state index contributed by atoms with van der Waals surface area (Å²) in [5.41, 5.74) is 0. The highest BCUT2D eigenvalue weighted by molar-refractivity contribution is 7.89. The lowest BCUT2D eigenvalue weighted by Crippen LogP contribution is -2.41. The fraction of sp³-hybridized carbons (Fsp3) is 1.00.